The van der Waals surface area contributed by atoms with E-state index in [4.69, 9.17) is 5.73 Å². The summed E-state index contributed by atoms with van der Waals surface area (Å²) in [6.07, 6.45) is 4.88. The molecule has 1 heterocycles. The Morgan fingerprint density at radius 1 is 1.40 bits per heavy atom. The highest BCUT2D eigenvalue weighted by molar-refractivity contribution is 5.39. The fraction of sp³-hybridized carbons (Fsp3) is 0.583. The van der Waals surface area contributed by atoms with Gasteiger partial charge in [-0.3, -0.25) is 0 Å². The number of hydrogen-bond acceptors (Lipinski definition) is 3. The van der Waals surface area contributed by atoms with Crippen molar-refractivity contribution in [3.8, 4) is 0 Å². The summed E-state index contributed by atoms with van der Waals surface area (Å²) in [6, 6.07) is 6.06. The molecule has 1 aliphatic carbocycles. The Labute approximate surface area is 91.1 Å². The molecule has 0 aromatic carbocycles. The zero-order valence-electron chi connectivity index (χ0n) is 9.29. The van der Waals surface area contributed by atoms with Gasteiger partial charge in [-0.05, 0) is 31.9 Å². The summed E-state index contributed by atoms with van der Waals surface area (Å²) < 4.78 is 0. The Kier molecular flexibility index (Phi) is 2.91. The standard InChI is InChI=1S/C12H19N3/c1-10-5-4-6-11(14-10)15-12(9-13)7-2-3-8-12/h4-6H,2-3,7-9,13H2,1H3,(H,14,15). The molecule has 0 spiro atoms. The van der Waals surface area contributed by atoms with Gasteiger partial charge in [0.1, 0.15) is 5.82 Å². The quantitative estimate of drug-likeness (QED) is 0.794. The Bertz CT molecular complexity index is 329. The Hall–Kier alpha value is -1.09. The highest BCUT2D eigenvalue weighted by Gasteiger charge is 2.32. The fourth-order valence-electron chi connectivity index (χ4n) is 2.32. The zero-order valence-corrected chi connectivity index (χ0v) is 9.29. The maximum absolute atomic E-state index is 5.86. The molecule has 15 heavy (non-hydrogen) atoms. The first-order valence-corrected chi connectivity index (χ1v) is 5.66. The van der Waals surface area contributed by atoms with Crippen LogP contribution < -0.4 is 11.1 Å². The van der Waals surface area contributed by atoms with Gasteiger partial charge < -0.3 is 11.1 Å². The summed E-state index contributed by atoms with van der Waals surface area (Å²) in [4.78, 5) is 4.46. The van der Waals surface area contributed by atoms with Gasteiger partial charge in [-0.25, -0.2) is 4.98 Å². The van der Waals surface area contributed by atoms with Gasteiger partial charge in [0.2, 0.25) is 0 Å². The number of pyridine rings is 1. The number of aromatic nitrogens is 1. The molecule has 0 radical (unpaired) electrons. The molecule has 1 aromatic heterocycles. The van der Waals surface area contributed by atoms with Crippen molar-refractivity contribution in [2.75, 3.05) is 11.9 Å². The van der Waals surface area contributed by atoms with Crippen molar-refractivity contribution < 1.29 is 0 Å². The summed E-state index contributed by atoms with van der Waals surface area (Å²) >= 11 is 0. The van der Waals surface area contributed by atoms with E-state index in [0.29, 0.717) is 6.54 Å². The summed E-state index contributed by atoms with van der Waals surface area (Å²) in [7, 11) is 0. The second-order valence-electron chi connectivity index (χ2n) is 4.48. The van der Waals surface area contributed by atoms with Crippen LogP contribution in [0.1, 0.15) is 31.4 Å². The van der Waals surface area contributed by atoms with Crippen molar-refractivity contribution in [2.24, 2.45) is 5.73 Å². The Morgan fingerprint density at radius 2 is 2.13 bits per heavy atom. The van der Waals surface area contributed by atoms with Gasteiger partial charge in [0.25, 0.3) is 0 Å². The highest BCUT2D eigenvalue weighted by atomic mass is 15.1. The first-order valence-electron chi connectivity index (χ1n) is 5.66. The van der Waals surface area contributed by atoms with Crippen molar-refractivity contribution in [3.63, 3.8) is 0 Å². The summed E-state index contributed by atoms with van der Waals surface area (Å²) in [5.74, 6) is 0.961. The topological polar surface area (TPSA) is 50.9 Å². The molecule has 0 aliphatic heterocycles. The number of rotatable bonds is 3. The van der Waals surface area contributed by atoms with E-state index in [1.165, 1.54) is 25.7 Å². The van der Waals surface area contributed by atoms with E-state index in [1.54, 1.807) is 0 Å². The van der Waals surface area contributed by atoms with Gasteiger partial charge in [0.15, 0.2) is 0 Å². The molecule has 0 saturated heterocycles. The molecule has 1 fully saturated rings. The van der Waals surface area contributed by atoms with Crippen molar-refractivity contribution >= 4 is 5.82 Å². The lowest BCUT2D eigenvalue weighted by atomic mass is 9.98. The summed E-state index contributed by atoms with van der Waals surface area (Å²) in [6.45, 7) is 2.71. The molecular formula is C12H19N3. The third-order valence-electron chi connectivity index (χ3n) is 3.23. The minimum Gasteiger partial charge on any atom is -0.363 e. The highest BCUT2D eigenvalue weighted by Crippen LogP contribution is 2.31. The minimum absolute atomic E-state index is 0.0980. The van der Waals surface area contributed by atoms with Crippen LogP contribution in [0.15, 0.2) is 18.2 Å². The molecule has 0 bridgehead atoms. The van der Waals surface area contributed by atoms with E-state index in [9.17, 15) is 0 Å². The van der Waals surface area contributed by atoms with Gasteiger partial charge in [-0.2, -0.15) is 0 Å². The van der Waals surface area contributed by atoms with Gasteiger partial charge in [-0.1, -0.05) is 18.9 Å². The third-order valence-corrected chi connectivity index (χ3v) is 3.23. The molecule has 0 amide bonds. The maximum Gasteiger partial charge on any atom is 0.126 e. The predicted octanol–water partition coefficient (Wildman–Crippen LogP) is 2.07. The molecule has 3 N–H and O–H groups in total. The number of aryl methyl sites for hydroxylation is 1. The van der Waals surface area contributed by atoms with Crippen LogP contribution in [-0.2, 0) is 0 Å². The van der Waals surface area contributed by atoms with E-state index in [2.05, 4.69) is 10.3 Å². The normalized spacial score (nSPS) is 19.1. The van der Waals surface area contributed by atoms with Crippen LogP contribution in [0.5, 0.6) is 0 Å². The summed E-state index contributed by atoms with van der Waals surface area (Å²) in [5, 5.41) is 3.51. The van der Waals surface area contributed by atoms with Crippen LogP contribution >= 0.6 is 0 Å². The van der Waals surface area contributed by atoms with Gasteiger partial charge >= 0.3 is 0 Å². The first-order chi connectivity index (χ1) is 7.24. The van der Waals surface area contributed by atoms with Crippen LogP contribution in [-0.4, -0.2) is 17.1 Å². The van der Waals surface area contributed by atoms with Gasteiger partial charge in [-0.15, -0.1) is 0 Å². The van der Waals surface area contributed by atoms with E-state index < -0.39 is 0 Å². The average Bonchev–Trinajstić information content (AvgIpc) is 2.67. The number of nitrogens with one attached hydrogen (secondary N) is 1. The van der Waals surface area contributed by atoms with E-state index >= 15 is 0 Å². The first kappa shape index (κ1) is 10.4. The van der Waals surface area contributed by atoms with Crippen LogP contribution in [0, 0.1) is 6.92 Å². The second-order valence-corrected chi connectivity index (χ2v) is 4.48. The van der Waals surface area contributed by atoms with Crippen molar-refractivity contribution in [1.29, 1.82) is 0 Å². The zero-order chi connectivity index (χ0) is 10.7. The number of anilines is 1. The third kappa shape index (κ3) is 2.29. The average molecular weight is 205 g/mol. The molecule has 1 saturated carbocycles. The molecular weight excluding hydrogens is 186 g/mol. The van der Waals surface area contributed by atoms with Crippen molar-refractivity contribution in [3.05, 3.63) is 23.9 Å². The lowest BCUT2D eigenvalue weighted by Crippen LogP contribution is -2.43. The fourth-order valence-corrected chi connectivity index (χ4v) is 2.32. The molecule has 1 aliphatic rings. The maximum atomic E-state index is 5.86. The molecule has 0 atom stereocenters. The number of nitrogens with two attached hydrogens (primary N) is 1. The van der Waals surface area contributed by atoms with E-state index in [1.807, 2.05) is 25.1 Å². The predicted molar refractivity (Wildman–Crippen MR) is 62.9 cm³/mol. The van der Waals surface area contributed by atoms with Crippen LogP contribution in [0.2, 0.25) is 0 Å². The van der Waals surface area contributed by atoms with E-state index in [-0.39, 0.29) is 5.54 Å². The summed E-state index contributed by atoms with van der Waals surface area (Å²) in [5.41, 5.74) is 7.01. The molecule has 2 rings (SSSR count). The van der Waals surface area contributed by atoms with Crippen LogP contribution in [0.3, 0.4) is 0 Å². The van der Waals surface area contributed by atoms with Gasteiger partial charge in [0.05, 0.1) is 5.54 Å². The molecule has 3 nitrogen and oxygen atoms in total. The van der Waals surface area contributed by atoms with Gasteiger partial charge in [0, 0.05) is 12.2 Å². The number of hydrogen-bond donors (Lipinski definition) is 2. The lowest BCUT2D eigenvalue weighted by molar-refractivity contribution is 0.491. The number of nitrogens with zero attached hydrogens (tertiary/aromatic N) is 1. The lowest BCUT2D eigenvalue weighted by Gasteiger charge is -2.29. The smallest absolute Gasteiger partial charge is 0.126 e. The molecule has 82 valence electrons. The minimum atomic E-state index is 0.0980. The Morgan fingerprint density at radius 3 is 2.73 bits per heavy atom. The van der Waals surface area contributed by atoms with Crippen molar-refractivity contribution in [2.45, 2.75) is 38.1 Å². The SMILES string of the molecule is Cc1cccc(NC2(CN)CCCC2)n1. The van der Waals surface area contributed by atoms with Crippen LogP contribution in [0.4, 0.5) is 5.82 Å². The largest absolute Gasteiger partial charge is 0.363 e. The second kappa shape index (κ2) is 4.19. The van der Waals surface area contributed by atoms with E-state index in [0.717, 1.165) is 11.5 Å². The molecule has 0 unspecified atom stereocenters. The van der Waals surface area contributed by atoms with Crippen LogP contribution in [0.25, 0.3) is 0 Å². The Balaban J connectivity index is 2.12. The molecule has 3 heteroatoms. The van der Waals surface area contributed by atoms with Crippen molar-refractivity contribution in [1.82, 2.24) is 4.98 Å². The monoisotopic (exact) mass is 205 g/mol. The molecule has 1 aromatic rings.